The summed E-state index contributed by atoms with van der Waals surface area (Å²) in [6.45, 7) is 6.02. The molecule has 20 heavy (non-hydrogen) atoms. The van der Waals surface area contributed by atoms with Crippen LogP contribution in [0.4, 0.5) is 14.5 Å². The van der Waals surface area contributed by atoms with E-state index < -0.39 is 26.6 Å². The highest BCUT2D eigenvalue weighted by Crippen LogP contribution is 2.24. The van der Waals surface area contributed by atoms with Gasteiger partial charge in [0.1, 0.15) is 16.5 Å². The Kier molecular flexibility index (Phi) is 5.47. The van der Waals surface area contributed by atoms with Gasteiger partial charge in [-0.3, -0.25) is 0 Å². The molecule has 0 heterocycles. The Balaban J connectivity index is 3.24. The van der Waals surface area contributed by atoms with Gasteiger partial charge in [0.25, 0.3) is 0 Å². The highest BCUT2D eigenvalue weighted by atomic mass is 32.2. The topological polar surface area (TPSA) is 63.4 Å². The number of hydrogen-bond donors (Lipinski definition) is 1. The first-order valence-electron chi connectivity index (χ1n) is 6.48. The van der Waals surface area contributed by atoms with E-state index in [9.17, 15) is 17.2 Å². The van der Waals surface area contributed by atoms with Gasteiger partial charge in [0.2, 0.25) is 10.0 Å². The molecular weight excluding hydrogens is 286 g/mol. The van der Waals surface area contributed by atoms with Crippen LogP contribution in [0, 0.1) is 17.6 Å². The standard InChI is InChI=1S/C13H20F2N2O2S/c1-4-9(3)8-17(5-2)20(18,19)13-7-12(16)10(14)6-11(13)15/h6-7,9H,4-5,8,16H2,1-3H3. The summed E-state index contributed by atoms with van der Waals surface area (Å²) >= 11 is 0. The molecule has 114 valence electrons. The molecule has 4 nitrogen and oxygen atoms in total. The summed E-state index contributed by atoms with van der Waals surface area (Å²) in [5.74, 6) is -1.95. The van der Waals surface area contributed by atoms with Gasteiger partial charge in [-0.2, -0.15) is 4.31 Å². The van der Waals surface area contributed by atoms with Gasteiger partial charge >= 0.3 is 0 Å². The van der Waals surface area contributed by atoms with Gasteiger partial charge in [0, 0.05) is 19.2 Å². The lowest BCUT2D eigenvalue weighted by Gasteiger charge is -2.23. The summed E-state index contributed by atoms with van der Waals surface area (Å²) in [5.41, 5.74) is 4.95. The molecule has 1 rings (SSSR count). The Bertz CT molecular complexity index is 576. The first-order chi connectivity index (χ1) is 9.23. The van der Waals surface area contributed by atoms with Gasteiger partial charge in [-0.15, -0.1) is 0 Å². The van der Waals surface area contributed by atoms with Crippen LogP contribution in [0.1, 0.15) is 27.2 Å². The second-order valence-corrected chi connectivity index (χ2v) is 6.68. The van der Waals surface area contributed by atoms with E-state index in [2.05, 4.69) is 0 Å². The van der Waals surface area contributed by atoms with Crippen LogP contribution in [0.5, 0.6) is 0 Å². The third-order valence-electron chi connectivity index (χ3n) is 3.23. The molecule has 0 radical (unpaired) electrons. The molecule has 0 aliphatic rings. The molecule has 7 heteroatoms. The van der Waals surface area contributed by atoms with Crippen molar-refractivity contribution in [2.45, 2.75) is 32.1 Å². The second kappa shape index (κ2) is 6.49. The quantitative estimate of drug-likeness (QED) is 0.822. The van der Waals surface area contributed by atoms with Crippen LogP contribution in [0.3, 0.4) is 0 Å². The third kappa shape index (κ3) is 3.46. The number of nitrogen functional groups attached to an aromatic ring is 1. The molecule has 0 aromatic heterocycles. The van der Waals surface area contributed by atoms with Gasteiger partial charge in [0.05, 0.1) is 5.69 Å². The summed E-state index contributed by atoms with van der Waals surface area (Å²) in [6, 6.07) is 1.33. The van der Waals surface area contributed by atoms with Crippen molar-refractivity contribution in [3.05, 3.63) is 23.8 Å². The fraction of sp³-hybridized carbons (Fsp3) is 0.538. The zero-order valence-corrected chi connectivity index (χ0v) is 12.7. The number of nitrogens with two attached hydrogens (primary N) is 1. The van der Waals surface area contributed by atoms with E-state index >= 15 is 0 Å². The van der Waals surface area contributed by atoms with Crippen LogP contribution in [0.25, 0.3) is 0 Å². The Hall–Kier alpha value is -1.21. The largest absolute Gasteiger partial charge is 0.396 e. The number of rotatable bonds is 6. The number of hydrogen-bond acceptors (Lipinski definition) is 3. The van der Waals surface area contributed by atoms with E-state index in [0.717, 1.165) is 12.5 Å². The monoisotopic (exact) mass is 306 g/mol. The van der Waals surface area contributed by atoms with Gasteiger partial charge in [-0.1, -0.05) is 27.2 Å². The Morgan fingerprint density at radius 2 is 1.85 bits per heavy atom. The van der Waals surface area contributed by atoms with Crippen molar-refractivity contribution in [2.24, 2.45) is 5.92 Å². The average molecular weight is 306 g/mol. The Morgan fingerprint density at radius 3 is 2.35 bits per heavy atom. The van der Waals surface area contributed by atoms with Crippen LogP contribution in [0.2, 0.25) is 0 Å². The van der Waals surface area contributed by atoms with E-state index in [-0.39, 0.29) is 24.7 Å². The number of nitrogens with zero attached hydrogens (tertiary/aromatic N) is 1. The molecule has 1 aromatic rings. The van der Waals surface area contributed by atoms with Crippen LogP contribution >= 0.6 is 0 Å². The summed E-state index contributed by atoms with van der Waals surface area (Å²) in [7, 11) is -4.01. The third-order valence-corrected chi connectivity index (χ3v) is 5.19. The minimum atomic E-state index is -4.01. The number of sulfonamides is 1. The minimum absolute atomic E-state index is 0.144. The average Bonchev–Trinajstić information content (AvgIpc) is 2.39. The molecule has 0 saturated carbocycles. The maximum absolute atomic E-state index is 13.7. The predicted octanol–water partition coefficient (Wildman–Crippen LogP) is 2.60. The Morgan fingerprint density at radius 1 is 1.25 bits per heavy atom. The van der Waals surface area contributed by atoms with Crippen LogP contribution in [0.15, 0.2) is 17.0 Å². The van der Waals surface area contributed by atoms with Crippen LogP contribution in [-0.2, 0) is 10.0 Å². The maximum atomic E-state index is 13.7. The molecule has 1 atom stereocenters. The summed E-state index contributed by atoms with van der Waals surface area (Å²) < 4.78 is 52.9. The van der Waals surface area contributed by atoms with Crippen molar-refractivity contribution < 1.29 is 17.2 Å². The van der Waals surface area contributed by atoms with Crippen LogP contribution in [-0.4, -0.2) is 25.8 Å². The van der Waals surface area contributed by atoms with Gasteiger partial charge in [-0.25, -0.2) is 17.2 Å². The van der Waals surface area contributed by atoms with E-state index in [0.29, 0.717) is 6.07 Å². The molecule has 0 bridgehead atoms. The summed E-state index contributed by atoms with van der Waals surface area (Å²) in [6.07, 6.45) is 0.806. The van der Waals surface area contributed by atoms with Gasteiger partial charge in [0.15, 0.2) is 0 Å². The predicted molar refractivity (Wildman–Crippen MR) is 74.7 cm³/mol. The van der Waals surface area contributed by atoms with E-state index in [1.807, 2.05) is 13.8 Å². The molecule has 1 aromatic carbocycles. The van der Waals surface area contributed by atoms with Crippen molar-refractivity contribution in [2.75, 3.05) is 18.8 Å². The van der Waals surface area contributed by atoms with E-state index in [4.69, 9.17) is 5.73 Å². The number of halogens is 2. The van der Waals surface area contributed by atoms with E-state index in [1.54, 1.807) is 6.92 Å². The summed E-state index contributed by atoms with van der Waals surface area (Å²) in [5, 5.41) is 0. The highest BCUT2D eigenvalue weighted by Gasteiger charge is 2.28. The molecule has 0 saturated heterocycles. The van der Waals surface area contributed by atoms with Crippen molar-refractivity contribution in [3.8, 4) is 0 Å². The lowest BCUT2D eigenvalue weighted by Crippen LogP contribution is -2.35. The smallest absolute Gasteiger partial charge is 0.246 e. The normalized spacial score (nSPS) is 13.7. The van der Waals surface area contributed by atoms with Crippen molar-refractivity contribution in [3.63, 3.8) is 0 Å². The lowest BCUT2D eigenvalue weighted by molar-refractivity contribution is 0.359. The maximum Gasteiger partial charge on any atom is 0.246 e. The highest BCUT2D eigenvalue weighted by molar-refractivity contribution is 7.89. The van der Waals surface area contributed by atoms with Crippen molar-refractivity contribution >= 4 is 15.7 Å². The first kappa shape index (κ1) is 16.8. The molecule has 0 fully saturated rings. The molecule has 0 aliphatic carbocycles. The van der Waals surface area contributed by atoms with Crippen molar-refractivity contribution in [1.29, 1.82) is 0 Å². The molecule has 2 N–H and O–H groups in total. The van der Waals surface area contributed by atoms with Gasteiger partial charge < -0.3 is 5.73 Å². The SMILES string of the molecule is CCC(C)CN(CC)S(=O)(=O)c1cc(N)c(F)cc1F. The van der Waals surface area contributed by atoms with Crippen molar-refractivity contribution in [1.82, 2.24) is 4.31 Å². The zero-order valence-electron chi connectivity index (χ0n) is 11.9. The minimum Gasteiger partial charge on any atom is -0.396 e. The number of anilines is 1. The first-order valence-corrected chi connectivity index (χ1v) is 7.92. The Labute approximate surface area is 118 Å². The molecular formula is C13H20F2N2O2S. The fourth-order valence-electron chi connectivity index (χ4n) is 1.76. The second-order valence-electron chi connectivity index (χ2n) is 4.77. The molecule has 0 aliphatic heterocycles. The fourth-order valence-corrected chi connectivity index (χ4v) is 3.41. The molecule has 0 spiro atoms. The summed E-state index contributed by atoms with van der Waals surface area (Å²) in [4.78, 5) is -0.582. The van der Waals surface area contributed by atoms with E-state index in [1.165, 1.54) is 4.31 Å². The zero-order chi connectivity index (χ0) is 15.5. The van der Waals surface area contributed by atoms with Gasteiger partial charge in [-0.05, 0) is 12.0 Å². The molecule has 0 amide bonds. The number of benzene rings is 1. The lowest BCUT2D eigenvalue weighted by atomic mass is 10.1. The van der Waals surface area contributed by atoms with Crippen LogP contribution < -0.4 is 5.73 Å². The molecule has 1 unspecified atom stereocenters.